The molecule has 25 heavy (non-hydrogen) atoms. The van der Waals surface area contributed by atoms with E-state index in [1.165, 1.54) is 5.56 Å². The molecule has 0 saturated carbocycles. The molecule has 3 atom stereocenters. The van der Waals surface area contributed by atoms with Crippen molar-refractivity contribution >= 4 is 11.6 Å². The molecule has 4 rings (SSSR count). The van der Waals surface area contributed by atoms with Crippen molar-refractivity contribution in [2.45, 2.75) is 43.9 Å². The number of halogens is 1. The summed E-state index contributed by atoms with van der Waals surface area (Å²) < 4.78 is 0. The van der Waals surface area contributed by atoms with Crippen molar-refractivity contribution < 1.29 is 9.68 Å². The average molecular weight is 359 g/mol. The van der Waals surface area contributed by atoms with Gasteiger partial charge in [-0.2, -0.15) is 10.5 Å². The van der Waals surface area contributed by atoms with Crippen molar-refractivity contribution in [1.82, 2.24) is 10.5 Å². The first kappa shape index (κ1) is 16.9. The van der Waals surface area contributed by atoms with Gasteiger partial charge in [-0.25, -0.2) is 0 Å². The van der Waals surface area contributed by atoms with Crippen molar-refractivity contribution in [3.63, 3.8) is 0 Å². The van der Waals surface area contributed by atoms with E-state index >= 15 is 0 Å². The SMILES string of the molecule is CN1OC(c2ccc(Cl)cc2)CC1(C)C1CCc2ccccc2ON1. The van der Waals surface area contributed by atoms with Crippen LogP contribution in [0.1, 0.15) is 37.0 Å². The molecule has 1 saturated heterocycles. The van der Waals surface area contributed by atoms with Crippen LogP contribution >= 0.6 is 11.6 Å². The molecule has 0 bridgehead atoms. The van der Waals surface area contributed by atoms with Gasteiger partial charge in [-0.1, -0.05) is 41.9 Å². The molecule has 4 nitrogen and oxygen atoms in total. The summed E-state index contributed by atoms with van der Waals surface area (Å²) in [5, 5.41) is 2.73. The van der Waals surface area contributed by atoms with Crippen molar-refractivity contribution in [3.05, 3.63) is 64.7 Å². The molecule has 2 aromatic carbocycles. The van der Waals surface area contributed by atoms with E-state index in [4.69, 9.17) is 21.3 Å². The van der Waals surface area contributed by atoms with Crippen LogP contribution in [0.3, 0.4) is 0 Å². The molecule has 1 N–H and O–H groups in total. The molecular weight excluding hydrogens is 336 g/mol. The Kier molecular flexibility index (Phi) is 4.46. The minimum Gasteiger partial charge on any atom is -0.408 e. The lowest BCUT2D eigenvalue weighted by molar-refractivity contribution is -0.177. The number of hydrogen-bond acceptors (Lipinski definition) is 4. The van der Waals surface area contributed by atoms with Crippen LogP contribution in [0.2, 0.25) is 5.02 Å². The topological polar surface area (TPSA) is 33.7 Å². The largest absolute Gasteiger partial charge is 0.408 e. The molecule has 2 aromatic rings. The fourth-order valence-electron chi connectivity index (χ4n) is 3.81. The highest BCUT2D eigenvalue weighted by Gasteiger charge is 2.48. The van der Waals surface area contributed by atoms with E-state index in [0.29, 0.717) is 0 Å². The van der Waals surface area contributed by atoms with Crippen LogP contribution in [0.4, 0.5) is 0 Å². The Labute approximate surface area is 153 Å². The summed E-state index contributed by atoms with van der Waals surface area (Å²) in [4.78, 5) is 12.1. The first-order chi connectivity index (χ1) is 12.1. The monoisotopic (exact) mass is 358 g/mol. The second kappa shape index (κ2) is 6.61. The van der Waals surface area contributed by atoms with Gasteiger partial charge in [0.1, 0.15) is 11.9 Å². The van der Waals surface area contributed by atoms with E-state index in [1.807, 2.05) is 48.5 Å². The Morgan fingerprint density at radius 2 is 1.92 bits per heavy atom. The molecule has 3 unspecified atom stereocenters. The first-order valence-electron chi connectivity index (χ1n) is 8.72. The molecule has 0 aromatic heterocycles. The van der Waals surface area contributed by atoms with Gasteiger partial charge in [0.05, 0.1) is 11.6 Å². The minimum absolute atomic E-state index is 0.0275. The van der Waals surface area contributed by atoms with Crippen LogP contribution in [0.25, 0.3) is 0 Å². The van der Waals surface area contributed by atoms with E-state index in [9.17, 15) is 0 Å². The van der Waals surface area contributed by atoms with Gasteiger partial charge in [0, 0.05) is 18.5 Å². The second-order valence-electron chi connectivity index (χ2n) is 7.12. The Balaban J connectivity index is 1.52. The minimum atomic E-state index is -0.160. The first-order valence-corrected chi connectivity index (χ1v) is 9.10. The van der Waals surface area contributed by atoms with Crippen molar-refractivity contribution in [2.75, 3.05) is 7.05 Å². The molecular formula is C20H23ClN2O2. The Morgan fingerprint density at radius 3 is 2.72 bits per heavy atom. The van der Waals surface area contributed by atoms with Crippen molar-refractivity contribution in [2.24, 2.45) is 0 Å². The third-order valence-electron chi connectivity index (χ3n) is 5.58. The molecule has 0 radical (unpaired) electrons. The maximum absolute atomic E-state index is 6.17. The van der Waals surface area contributed by atoms with Gasteiger partial charge >= 0.3 is 0 Å². The number of benzene rings is 2. The zero-order valence-corrected chi connectivity index (χ0v) is 15.3. The maximum atomic E-state index is 6.17. The number of rotatable bonds is 2. The van der Waals surface area contributed by atoms with E-state index in [1.54, 1.807) is 0 Å². The molecule has 0 aliphatic carbocycles. The summed E-state index contributed by atoms with van der Waals surface area (Å²) in [5.74, 6) is 0.921. The van der Waals surface area contributed by atoms with E-state index in [0.717, 1.165) is 35.6 Å². The molecule has 0 amide bonds. The predicted molar refractivity (Wildman–Crippen MR) is 98.4 cm³/mol. The van der Waals surface area contributed by atoms with E-state index < -0.39 is 0 Å². The fraction of sp³-hybridized carbons (Fsp3) is 0.400. The Morgan fingerprint density at radius 1 is 1.16 bits per heavy atom. The fourth-order valence-corrected chi connectivity index (χ4v) is 3.94. The van der Waals surface area contributed by atoms with Crippen molar-refractivity contribution in [1.29, 1.82) is 0 Å². The van der Waals surface area contributed by atoms with Gasteiger partial charge in [-0.3, -0.25) is 4.84 Å². The highest BCUT2D eigenvalue weighted by atomic mass is 35.5. The van der Waals surface area contributed by atoms with Crippen LogP contribution in [-0.4, -0.2) is 23.7 Å². The quantitative estimate of drug-likeness (QED) is 0.867. The molecule has 5 heteroatoms. The van der Waals surface area contributed by atoms with Gasteiger partial charge < -0.3 is 4.84 Å². The predicted octanol–water partition coefficient (Wildman–Crippen LogP) is 4.31. The third-order valence-corrected chi connectivity index (χ3v) is 5.83. The number of fused-ring (bicyclic) bond motifs is 1. The number of hydroxylamine groups is 3. The third kappa shape index (κ3) is 3.15. The summed E-state index contributed by atoms with van der Waals surface area (Å²) in [7, 11) is 2.01. The number of nitrogens with one attached hydrogen (secondary N) is 1. The van der Waals surface area contributed by atoms with Crippen LogP contribution in [-0.2, 0) is 11.3 Å². The normalized spacial score (nSPS) is 29.7. The Hall–Kier alpha value is -1.59. The zero-order valence-electron chi connectivity index (χ0n) is 14.5. The van der Waals surface area contributed by atoms with Crippen LogP contribution in [0.5, 0.6) is 5.75 Å². The number of nitrogens with zero attached hydrogens (tertiary/aromatic N) is 1. The van der Waals surface area contributed by atoms with E-state index in [-0.39, 0.29) is 17.7 Å². The average Bonchev–Trinajstić information content (AvgIpc) is 2.81. The summed E-state index contributed by atoms with van der Waals surface area (Å²) in [5.41, 5.74) is 5.53. The highest BCUT2D eigenvalue weighted by molar-refractivity contribution is 6.30. The number of para-hydroxylation sites is 1. The van der Waals surface area contributed by atoms with Crippen molar-refractivity contribution in [3.8, 4) is 5.75 Å². The molecule has 2 aliphatic heterocycles. The number of aryl methyl sites for hydroxylation is 1. The van der Waals surface area contributed by atoms with Crippen LogP contribution < -0.4 is 10.3 Å². The molecule has 2 heterocycles. The molecule has 2 aliphatic rings. The zero-order chi connectivity index (χ0) is 17.4. The van der Waals surface area contributed by atoms with Gasteiger partial charge in [-0.05, 0) is 49.1 Å². The van der Waals surface area contributed by atoms with Crippen LogP contribution in [0.15, 0.2) is 48.5 Å². The molecule has 1 fully saturated rings. The van der Waals surface area contributed by atoms with Gasteiger partial charge in [-0.15, -0.1) is 0 Å². The summed E-state index contributed by atoms with van der Waals surface area (Å²) in [6.45, 7) is 2.24. The number of hydrogen-bond donors (Lipinski definition) is 1. The second-order valence-corrected chi connectivity index (χ2v) is 7.56. The lowest BCUT2D eigenvalue weighted by Gasteiger charge is -2.37. The molecule has 132 valence electrons. The summed E-state index contributed by atoms with van der Waals surface area (Å²) in [6.07, 6.45) is 2.90. The van der Waals surface area contributed by atoms with Gasteiger partial charge in [0.15, 0.2) is 0 Å². The van der Waals surface area contributed by atoms with Gasteiger partial charge in [0.25, 0.3) is 0 Å². The number of likely N-dealkylation sites (N-methyl/N-ethyl adjacent to an activating group) is 1. The van der Waals surface area contributed by atoms with E-state index in [2.05, 4.69) is 24.5 Å². The standard InChI is InChI=1S/C20H23ClN2O2/c1-20(19-12-9-14-5-3-4-6-17(14)24-22-19)13-18(25-23(20)2)15-7-10-16(21)11-8-15/h3-8,10-11,18-19,22H,9,12-13H2,1-2H3. The molecule has 0 spiro atoms. The smallest absolute Gasteiger partial charge is 0.150 e. The van der Waals surface area contributed by atoms with Gasteiger partial charge in [0.2, 0.25) is 0 Å². The summed E-state index contributed by atoms with van der Waals surface area (Å²) >= 11 is 6.01. The highest BCUT2D eigenvalue weighted by Crippen LogP contribution is 2.43. The maximum Gasteiger partial charge on any atom is 0.150 e. The lowest BCUT2D eigenvalue weighted by Crippen LogP contribution is -2.55. The lowest BCUT2D eigenvalue weighted by atomic mass is 9.83. The summed E-state index contributed by atoms with van der Waals surface area (Å²) in [6, 6.07) is 16.3. The Bertz CT molecular complexity index is 725. The van der Waals surface area contributed by atoms with Crippen LogP contribution in [0, 0.1) is 0 Å².